The Labute approximate surface area is 69.5 Å². The summed E-state index contributed by atoms with van der Waals surface area (Å²) in [5.41, 5.74) is 5.97. The third-order valence-electron chi connectivity index (χ3n) is 1.48. The lowest BCUT2D eigenvalue weighted by Crippen LogP contribution is -2.99. The maximum atomic E-state index is 10.5. The molecule has 1 rings (SSSR count). The fourth-order valence-electron chi connectivity index (χ4n) is 0.867. The van der Waals surface area contributed by atoms with Crippen LogP contribution in [0.2, 0.25) is 0 Å². The van der Waals surface area contributed by atoms with Gasteiger partial charge in [0.2, 0.25) is 0 Å². The predicted octanol–water partition coefficient (Wildman–Crippen LogP) is -0.319. The Kier molecular flexibility index (Phi) is 2.49. The quantitative estimate of drug-likeness (QED) is 0.419. The minimum absolute atomic E-state index is 0.160. The van der Waals surface area contributed by atoms with Crippen molar-refractivity contribution in [2.45, 2.75) is 0 Å². The van der Waals surface area contributed by atoms with Gasteiger partial charge >= 0.3 is 0 Å². The van der Waals surface area contributed by atoms with E-state index in [1.165, 1.54) is 25.3 Å². The van der Waals surface area contributed by atoms with Crippen molar-refractivity contribution in [3.8, 4) is 5.75 Å². The maximum Gasteiger partial charge on any atom is 0.166 e. The first kappa shape index (κ1) is 8.79. The van der Waals surface area contributed by atoms with Crippen LogP contribution in [0.4, 0.5) is 11.4 Å². The first-order chi connectivity index (χ1) is 5.65. The van der Waals surface area contributed by atoms with E-state index in [1.807, 2.05) is 0 Å². The van der Waals surface area contributed by atoms with Crippen molar-refractivity contribution in [3.63, 3.8) is 0 Å². The lowest BCUT2D eigenvalue weighted by molar-refractivity contribution is -0.991. The van der Waals surface area contributed by atoms with Crippen molar-refractivity contribution >= 4 is 11.4 Å². The van der Waals surface area contributed by atoms with Crippen LogP contribution in [0.25, 0.3) is 0 Å². The third-order valence-corrected chi connectivity index (χ3v) is 1.48. The molecule has 12 heavy (non-hydrogen) atoms. The highest BCUT2D eigenvalue weighted by molar-refractivity contribution is 5.57. The van der Waals surface area contributed by atoms with Gasteiger partial charge < -0.3 is 15.7 Å². The summed E-state index contributed by atoms with van der Waals surface area (Å²) in [4.78, 5) is 0. The summed E-state index contributed by atoms with van der Waals surface area (Å²) in [5, 5.41) is 18.0. The molecule has 5 nitrogen and oxygen atoms in total. The second-order valence-corrected chi connectivity index (χ2v) is 2.26. The average Bonchev–Trinajstić information content (AvgIpc) is 2.04. The van der Waals surface area contributed by atoms with E-state index in [2.05, 4.69) is 0 Å². The van der Waals surface area contributed by atoms with Gasteiger partial charge in [-0.1, -0.05) is 0 Å². The van der Waals surface area contributed by atoms with Gasteiger partial charge in [-0.05, 0) is 6.07 Å². The van der Waals surface area contributed by atoms with Crippen LogP contribution in [0.5, 0.6) is 5.75 Å². The van der Waals surface area contributed by atoms with Crippen LogP contribution < -0.4 is 15.7 Å². The van der Waals surface area contributed by atoms with E-state index in [0.717, 1.165) is 0 Å². The normalized spacial score (nSPS) is 12.6. The largest absolute Gasteiger partial charge is 0.595 e. The molecule has 0 aliphatic heterocycles. The molecule has 0 bridgehead atoms. The molecule has 1 atom stereocenters. The number of hydrogen-bond donors (Lipinski definition) is 3. The van der Waals surface area contributed by atoms with Gasteiger partial charge in [0, 0.05) is 12.1 Å². The Morgan fingerprint density at radius 2 is 2.25 bits per heavy atom. The van der Waals surface area contributed by atoms with Gasteiger partial charge in [0.25, 0.3) is 0 Å². The second-order valence-electron chi connectivity index (χ2n) is 2.26. The summed E-state index contributed by atoms with van der Waals surface area (Å²) in [6, 6.07) is 4.33. The van der Waals surface area contributed by atoms with E-state index < -0.39 is 5.23 Å². The van der Waals surface area contributed by atoms with E-state index in [1.54, 1.807) is 0 Å². The van der Waals surface area contributed by atoms with Gasteiger partial charge in [0.05, 0.1) is 12.8 Å². The third kappa shape index (κ3) is 1.65. The van der Waals surface area contributed by atoms with Crippen LogP contribution in [-0.4, -0.2) is 12.3 Å². The van der Waals surface area contributed by atoms with Crippen LogP contribution in [0.15, 0.2) is 18.2 Å². The topological polar surface area (TPSA) is 83.0 Å². The lowest BCUT2D eigenvalue weighted by atomic mass is 10.2. The number of quaternary nitrogens is 1. The lowest BCUT2D eigenvalue weighted by Gasteiger charge is -2.12. The zero-order valence-electron chi connectivity index (χ0n) is 6.57. The first-order valence-corrected chi connectivity index (χ1v) is 3.32. The number of hydrogen-bond acceptors (Lipinski definition) is 4. The smallest absolute Gasteiger partial charge is 0.166 e. The highest BCUT2D eigenvalue weighted by atomic mass is 16.8. The van der Waals surface area contributed by atoms with Crippen molar-refractivity contribution in [1.82, 2.24) is 0 Å². The van der Waals surface area contributed by atoms with E-state index in [4.69, 9.17) is 15.7 Å². The monoisotopic (exact) mass is 170 g/mol. The number of benzene rings is 1. The van der Waals surface area contributed by atoms with Gasteiger partial charge in [-0.25, -0.2) is 5.21 Å². The molecule has 0 spiro atoms. The van der Waals surface area contributed by atoms with E-state index in [9.17, 15) is 5.21 Å². The zero-order valence-corrected chi connectivity index (χ0v) is 6.57. The minimum Gasteiger partial charge on any atom is -0.595 e. The van der Waals surface area contributed by atoms with Gasteiger partial charge in [-0.3, -0.25) is 0 Å². The highest BCUT2D eigenvalue weighted by Gasteiger charge is 2.04. The molecular formula is C7H10N2O3. The summed E-state index contributed by atoms with van der Waals surface area (Å²) < 4.78 is 4.86. The zero-order chi connectivity index (χ0) is 9.14. The molecule has 0 aromatic heterocycles. The number of nitrogens with one attached hydrogen (secondary N) is 1. The van der Waals surface area contributed by atoms with E-state index >= 15 is 0 Å². The summed E-state index contributed by atoms with van der Waals surface area (Å²) in [5.74, 6) is 0.486. The first-order valence-electron chi connectivity index (χ1n) is 3.32. The van der Waals surface area contributed by atoms with Crippen molar-refractivity contribution < 1.29 is 15.2 Å². The van der Waals surface area contributed by atoms with Gasteiger partial charge in [0.15, 0.2) is 5.69 Å². The number of ether oxygens (including phenoxy) is 1. The van der Waals surface area contributed by atoms with Crippen LogP contribution in [0, 0.1) is 5.21 Å². The fourth-order valence-corrected chi connectivity index (χ4v) is 0.867. The second kappa shape index (κ2) is 3.40. The molecule has 0 aliphatic rings. The maximum absolute atomic E-state index is 10.5. The molecule has 5 heteroatoms. The molecule has 0 amide bonds. The summed E-state index contributed by atoms with van der Waals surface area (Å²) in [6.07, 6.45) is 0. The Hall–Kier alpha value is -1.30. The molecule has 4 N–H and O–H groups in total. The number of nitrogens with two attached hydrogens (primary N) is 1. The van der Waals surface area contributed by atoms with Gasteiger partial charge in [-0.15, -0.1) is 0 Å². The van der Waals surface area contributed by atoms with E-state index in [-0.39, 0.29) is 5.69 Å². The van der Waals surface area contributed by atoms with Gasteiger partial charge in [0.1, 0.15) is 5.75 Å². The molecule has 66 valence electrons. The molecular weight excluding hydrogens is 160 g/mol. The van der Waals surface area contributed by atoms with E-state index in [0.29, 0.717) is 11.4 Å². The molecule has 0 fully saturated rings. The number of rotatable bonds is 2. The molecule has 0 saturated carbocycles. The SMILES string of the molecule is COc1ccc([NH+]([O-])O)cc1N. The van der Waals surface area contributed by atoms with Crippen LogP contribution in [-0.2, 0) is 0 Å². The number of methoxy groups -OCH3 is 1. The summed E-state index contributed by atoms with van der Waals surface area (Å²) in [6.45, 7) is 0. The van der Waals surface area contributed by atoms with Crippen molar-refractivity contribution in [1.29, 1.82) is 0 Å². The Bertz CT molecular complexity index is 275. The number of anilines is 1. The number of nitrogen functional groups attached to an aromatic ring is 1. The Morgan fingerprint density at radius 1 is 1.58 bits per heavy atom. The van der Waals surface area contributed by atoms with Crippen molar-refractivity contribution in [2.24, 2.45) is 0 Å². The molecule has 0 radical (unpaired) electrons. The van der Waals surface area contributed by atoms with Crippen LogP contribution >= 0.6 is 0 Å². The molecule has 1 aromatic carbocycles. The average molecular weight is 170 g/mol. The van der Waals surface area contributed by atoms with Gasteiger partial charge in [-0.2, -0.15) is 5.23 Å². The predicted molar refractivity (Wildman–Crippen MR) is 43.2 cm³/mol. The Balaban J connectivity index is 3.02. The fraction of sp³-hybridized carbons (Fsp3) is 0.143. The van der Waals surface area contributed by atoms with Crippen molar-refractivity contribution in [2.75, 3.05) is 12.8 Å². The Morgan fingerprint density at radius 3 is 2.67 bits per heavy atom. The molecule has 1 unspecified atom stereocenters. The standard InChI is InChI=1S/C7H10N2O3/c1-12-7-3-2-5(9(10)11)4-6(7)8/h2-4,9-10H,8H2,1H3. The molecule has 0 saturated heterocycles. The molecule has 0 heterocycles. The van der Waals surface area contributed by atoms with Crippen LogP contribution in [0.3, 0.4) is 0 Å². The molecule has 0 aliphatic carbocycles. The van der Waals surface area contributed by atoms with Crippen LogP contribution in [0.1, 0.15) is 0 Å². The van der Waals surface area contributed by atoms with Crippen molar-refractivity contribution in [3.05, 3.63) is 23.4 Å². The molecule has 1 aromatic rings. The highest BCUT2D eigenvalue weighted by Crippen LogP contribution is 2.22. The minimum atomic E-state index is -0.996. The summed E-state index contributed by atoms with van der Waals surface area (Å²) in [7, 11) is 1.48. The summed E-state index contributed by atoms with van der Waals surface area (Å²) >= 11 is 0.